The number of rotatable bonds is 5. The number of hydrogen-bond donors (Lipinski definition) is 0. The standard InChI is InChI=1S/C27H30FN5O3/c1-2-36-27(35)19-11-13-33(14-12-19)26(34)24-22-5-3-4-6-23(22)25(30-29-24)32-17-15-31(16-18-32)21-9-7-20(28)8-10-21/h3-10,19H,2,11-18H2,1H3. The number of likely N-dealkylation sites (tertiary alicyclic amines) is 1. The Hall–Kier alpha value is -3.75. The monoisotopic (exact) mass is 491 g/mol. The Bertz CT molecular complexity index is 1240. The minimum atomic E-state index is -0.239. The van der Waals surface area contributed by atoms with Gasteiger partial charge in [-0.25, -0.2) is 4.39 Å². The maximum atomic E-state index is 13.4. The molecule has 0 atom stereocenters. The Kier molecular flexibility index (Phi) is 6.97. The van der Waals surface area contributed by atoms with Crippen LogP contribution in [0.2, 0.25) is 0 Å². The zero-order chi connectivity index (χ0) is 25.1. The Morgan fingerprint density at radius 1 is 0.889 bits per heavy atom. The first-order chi connectivity index (χ1) is 17.5. The van der Waals surface area contributed by atoms with Gasteiger partial charge in [0.15, 0.2) is 11.5 Å². The first-order valence-corrected chi connectivity index (χ1v) is 12.5. The molecule has 3 aromatic rings. The average molecular weight is 492 g/mol. The van der Waals surface area contributed by atoms with E-state index in [1.54, 1.807) is 24.0 Å². The van der Waals surface area contributed by atoms with Gasteiger partial charge in [-0.2, -0.15) is 0 Å². The molecule has 2 aromatic carbocycles. The van der Waals surface area contributed by atoms with E-state index in [0.29, 0.717) is 38.2 Å². The molecule has 0 spiro atoms. The van der Waals surface area contributed by atoms with Gasteiger partial charge in [-0.1, -0.05) is 24.3 Å². The summed E-state index contributed by atoms with van der Waals surface area (Å²) in [6.45, 7) is 6.18. The van der Waals surface area contributed by atoms with Crippen molar-refractivity contribution in [2.75, 3.05) is 55.7 Å². The average Bonchev–Trinajstić information content (AvgIpc) is 2.93. The van der Waals surface area contributed by atoms with Crippen LogP contribution in [0.5, 0.6) is 0 Å². The molecule has 0 unspecified atom stereocenters. The van der Waals surface area contributed by atoms with E-state index < -0.39 is 0 Å². The Morgan fingerprint density at radius 3 is 2.19 bits per heavy atom. The molecule has 0 bridgehead atoms. The number of esters is 1. The number of carbonyl (C=O) groups is 2. The predicted molar refractivity (Wildman–Crippen MR) is 136 cm³/mol. The van der Waals surface area contributed by atoms with Gasteiger partial charge in [0.1, 0.15) is 5.82 Å². The lowest BCUT2D eigenvalue weighted by Gasteiger charge is -2.37. The second-order valence-corrected chi connectivity index (χ2v) is 9.19. The predicted octanol–water partition coefficient (Wildman–Crippen LogP) is 3.51. The van der Waals surface area contributed by atoms with Gasteiger partial charge in [-0.05, 0) is 44.0 Å². The zero-order valence-electron chi connectivity index (χ0n) is 20.4. The molecule has 0 aliphatic carbocycles. The molecule has 2 aliphatic heterocycles. The normalized spacial score (nSPS) is 16.9. The number of carbonyl (C=O) groups excluding carboxylic acids is 2. The summed E-state index contributed by atoms with van der Waals surface area (Å²) in [5.41, 5.74) is 1.34. The molecule has 0 radical (unpaired) electrons. The van der Waals surface area contributed by atoms with Crippen LogP contribution in [0.15, 0.2) is 48.5 Å². The van der Waals surface area contributed by atoms with Gasteiger partial charge in [-0.15, -0.1) is 10.2 Å². The van der Waals surface area contributed by atoms with Crippen LogP contribution in [-0.4, -0.2) is 72.8 Å². The lowest BCUT2D eigenvalue weighted by Crippen LogP contribution is -2.47. The van der Waals surface area contributed by atoms with Crippen LogP contribution < -0.4 is 9.80 Å². The van der Waals surface area contributed by atoms with Crippen LogP contribution in [0.1, 0.15) is 30.3 Å². The van der Waals surface area contributed by atoms with Crippen molar-refractivity contribution in [3.05, 3.63) is 60.0 Å². The summed E-state index contributed by atoms with van der Waals surface area (Å²) in [7, 11) is 0. The number of benzene rings is 2. The molecule has 1 aromatic heterocycles. The molecule has 3 heterocycles. The van der Waals surface area contributed by atoms with Crippen molar-refractivity contribution in [3.8, 4) is 0 Å². The fourth-order valence-corrected chi connectivity index (χ4v) is 5.04. The highest BCUT2D eigenvalue weighted by Crippen LogP contribution is 2.29. The number of piperidine rings is 1. The Labute approximate surface area is 209 Å². The number of piperazine rings is 1. The molecule has 5 rings (SSSR count). The van der Waals surface area contributed by atoms with Gasteiger partial charge in [0, 0.05) is 55.7 Å². The molecule has 2 fully saturated rings. The number of halogens is 1. The summed E-state index contributed by atoms with van der Waals surface area (Å²) in [6.07, 6.45) is 1.18. The largest absolute Gasteiger partial charge is 0.466 e. The maximum Gasteiger partial charge on any atom is 0.309 e. The highest BCUT2D eigenvalue weighted by Gasteiger charge is 2.31. The van der Waals surface area contributed by atoms with Crippen LogP contribution >= 0.6 is 0 Å². The van der Waals surface area contributed by atoms with Gasteiger partial charge < -0.3 is 19.4 Å². The quantitative estimate of drug-likeness (QED) is 0.506. The number of hydrogen-bond acceptors (Lipinski definition) is 7. The van der Waals surface area contributed by atoms with Crippen molar-refractivity contribution in [1.82, 2.24) is 15.1 Å². The van der Waals surface area contributed by atoms with Gasteiger partial charge in [0.25, 0.3) is 5.91 Å². The number of amides is 1. The minimum Gasteiger partial charge on any atom is -0.466 e. The highest BCUT2D eigenvalue weighted by atomic mass is 19.1. The number of aromatic nitrogens is 2. The van der Waals surface area contributed by atoms with Crippen LogP contribution in [-0.2, 0) is 9.53 Å². The van der Waals surface area contributed by atoms with E-state index in [9.17, 15) is 14.0 Å². The van der Waals surface area contributed by atoms with E-state index >= 15 is 0 Å². The van der Waals surface area contributed by atoms with Crippen molar-refractivity contribution < 1.29 is 18.7 Å². The van der Waals surface area contributed by atoms with E-state index in [2.05, 4.69) is 20.0 Å². The third-order valence-electron chi connectivity index (χ3n) is 7.04. The lowest BCUT2D eigenvalue weighted by atomic mass is 9.96. The Morgan fingerprint density at radius 2 is 1.53 bits per heavy atom. The fourth-order valence-electron chi connectivity index (χ4n) is 5.04. The number of fused-ring (bicyclic) bond motifs is 1. The summed E-state index contributed by atoms with van der Waals surface area (Å²) in [5, 5.41) is 10.6. The maximum absolute atomic E-state index is 13.4. The van der Waals surface area contributed by atoms with E-state index in [4.69, 9.17) is 4.74 Å². The van der Waals surface area contributed by atoms with Crippen molar-refractivity contribution in [2.45, 2.75) is 19.8 Å². The fraction of sp³-hybridized carbons (Fsp3) is 0.407. The summed E-state index contributed by atoms with van der Waals surface area (Å²) in [6, 6.07) is 14.3. The number of anilines is 2. The summed E-state index contributed by atoms with van der Waals surface area (Å²) in [4.78, 5) is 31.6. The molecular formula is C27H30FN5O3. The SMILES string of the molecule is CCOC(=O)C1CCN(C(=O)c2nnc(N3CCN(c4ccc(F)cc4)CC3)c3ccccc23)CC1. The number of ether oxygens (including phenoxy) is 1. The van der Waals surface area contributed by atoms with E-state index in [1.807, 2.05) is 24.3 Å². The molecule has 9 heteroatoms. The molecule has 8 nitrogen and oxygen atoms in total. The van der Waals surface area contributed by atoms with E-state index in [0.717, 1.165) is 48.5 Å². The minimum absolute atomic E-state index is 0.159. The number of nitrogens with zero attached hydrogens (tertiary/aromatic N) is 5. The molecule has 36 heavy (non-hydrogen) atoms. The first kappa shape index (κ1) is 24.0. The third kappa shape index (κ3) is 4.82. The van der Waals surface area contributed by atoms with Gasteiger partial charge in [0.2, 0.25) is 0 Å². The summed E-state index contributed by atoms with van der Waals surface area (Å²) < 4.78 is 18.4. The smallest absolute Gasteiger partial charge is 0.309 e. The van der Waals surface area contributed by atoms with Gasteiger partial charge >= 0.3 is 5.97 Å². The Balaban J connectivity index is 1.31. The second kappa shape index (κ2) is 10.5. The molecule has 0 saturated carbocycles. The highest BCUT2D eigenvalue weighted by molar-refractivity contribution is 6.07. The van der Waals surface area contributed by atoms with Crippen LogP contribution in [0.4, 0.5) is 15.9 Å². The molecule has 1 amide bonds. The second-order valence-electron chi connectivity index (χ2n) is 9.19. The van der Waals surface area contributed by atoms with Gasteiger partial charge in [0.05, 0.1) is 12.5 Å². The van der Waals surface area contributed by atoms with Crippen molar-refractivity contribution >= 4 is 34.2 Å². The van der Waals surface area contributed by atoms with E-state index in [1.165, 1.54) is 12.1 Å². The first-order valence-electron chi connectivity index (χ1n) is 12.5. The lowest BCUT2D eigenvalue weighted by molar-refractivity contribution is -0.149. The van der Waals surface area contributed by atoms with Gasteiger partial charge in [-0.3, -0.25) is 9.59 Å². The molecular weight excluding hydrogens is 461 g/mol. The molecule has 2 saturated heterocycles. The van der Waals surface area contributed by atoms with Crippen LogP contribution in [0.25, 0.3) is 10.8 Å². The van der Waals surface area contributed by atoms with Crippen molar-refractivity contribution in [1.29, 1.82) is 0 Å². The van der Waals surface area contributed by atoms with E-state index in [-0.39, 0.29) is 23.6 Å². The summed E-state index contributed by atoms with van der Waals surface area (Å²) in [5.74, 6) is 0.0271. The molecule has 2 aliphatic rings. The van der Waals surface area contributed by atoms with Crippen molar-refractivity contribution in [3.63, 3.8) is 0 Å². The zero-order valence-corrected chi connectivity index (χ0v) is 20.4. The van der Waals surface area contributed by atoms with Crippen molar-refractivity contribution in [2.24, 2.45) is 5.92 Å². The molecule has 188 valence electrons. The third-order valence-corrected chi connectivity index (χ3v) is 7.04. The van der Waals surface area contributed by atoms with Crippen LogP contribution in [0, 0.1) is 11.7 Å². The van der Waals surface area contributed by atoms with Crippen LogP contribution in [0.3, 0.4) is 0 Å². The molecule has 0 N–H and O–H groups in total. The topological polar surface area (TPSA) is 78.9 Å². The summed E-state index contributed by atoms with van der Waals surface area (Å²) >= 11 is 0.